The van der Waals surface area contributed by atoms with Gasteiger partial charge in [0.05, 0.1) is 18.0 Å². The molecule has 0 spiro atoms. The van der Waals surface area contributed by atoms with Gasteiger partial charge in [0.1, 0.15) is 0 Å². The molecule has 0 unspecified atom stereocenters. The van der Waals surface area contributed by atoms with E-state index >= 15 is 0 Å². The zero-order valence-corrected chi connectivity index (χ0v) is 15.6. The van der Waals surface area contributed by atoms with Crippen LogP contribution in [0.15, 0.2) is 60.7 Å². The van der Waals surface area contributed by atoms with Crippen molar-refractivity contribution in [2.75, 3.05) is 17.0 Å². The van der Waals surface area contributed by atoms with E-state index in [-0.39, 0.29) is 6.04 Å². The lowest BCUT2D eigenvalue weighted by Gasteiger charge is -2.30. The van der Waals surface area contributed by atoms with E-state index in [1.54, 1.807) is 23.5 Å². The molecule has 0 amide bonds. The maximum atomic E-state index is 9.82. The third kappa shape index (κ3) is 3.44. The van der Waals surface area contributed by atoms with Crippen molar-refractivity contribution in [1.82, 2.24) is 0 Å². The molecule has 1 aliphatic rings. The number of hydrogen-bond acceptors (Lipinski definition) is 4. The van der Waals surface area contributed by atoms with Crippen LogP contribution in [0.2, 0.25) is 5.02 Å². The Morgan fingerprint density at radius 3 is 2.58 bits per heavy atom. The van der Waals surface area contributed by atoms with Crippen LogP contribution >= 0.6 is 35.1 Å². The molecular weight excluding hydrogens is 356 g/mol. The molecule has 0 bridgehead atoms. The monoisotopic (exact) mass is 372 g/mol. The highest BCUT2D eigenvalue weighted by Gasteiger charge is 2.47. The summed E-state index contributed by atoms with van der Waals surface area (Å²) in [4.78, 5) is 2.26. The Balaban J connectivity index is 1.95. The molecule has 0 aliphatic carbocycles. The van der Waals surface area contributed by atoms with Crippen molar-refractivity contribution in [3.8, 4) is 6.07 Å². The third-order valence-electron chi connectivity index (χ3n) is 4.03. The lowest BCUT2D eigenvalue weighted by atomic mass is 10.1. The molecule has 0 saturated carbocycles. The molecule has 24 heavy (non-hydrogen) atoms. The number of halogens is 1. The van der Waals surface area contributed by atoms with Crippen molar-refractivity contribution in [3.63, 3.8) is 0 Å². The Labute approximate surface area is 156 Å². The maximum Gasteiger partial charge on any atom is 0.173 e. The Bertz CT molecular complexity index is 755. The molecule has 1 heterocycles. The molecule has 1 fully saturated rings. The Morgan fingerprint density at radius 1 is 1.25 bits per heavy atom. The van der Waals surface area contributed by atoms with E-state index in [4.69, 9.17) is 11.6 Å². The van der Waals surface area contributed by atoms with E-state index in [9.17, 15) is 5.26 Å². The molecule has 0 aromatic heterocycles. The van der Waals surface area contributed by atoms with Crippen LogP contribution in [0.1, 0.15) is 5.56 Å². The summed E-state index contributed by atoms with van der Waals surface area (Å²) in [6, 6.07) is 20.5. The van der Waals surface area contributed by atoms with Crippen LogP contribution in [0.4, 0.5) is 5.69 Å². The summed E-state index contributed by atoms with van der Waals surface area (Å²) in [5.41, 5.74) is 2.22. The lowest BCUT2D eigenvalue weighted by molar-refractivity contribution is 0.777. The summed E-state index contributed by atoms with van der Waals surface area (Å²) in [5.74, 6) is 0.778. The van der Waals surface area contributed by atoms with Gasteiger partial charge in [0.2, 0.25) is 0 Å². The predicted molar refractivity (Wildman–Crippen MR) is 108 cm³/mol. The van der Waals surface area contributed by atoms with Gasteiger partial charge in [-0.2, -0.15) is 5.26 Å². The van der Waals surface area contributed by atoms with Crippen LogP contribution in [-0.4, -0.2) is 22.3 Å². The molecule has 2 atom stereocenters. The second-order valence-electron chi connectivity index (χ2n) is 5.42. The summed E-state index contributed by atoms with van der Waals surface area (Å²) < 4.78 is -0.509. The van der Waals surface area contributed by atoms with Gasteiger partial charge in [0.25, 0.3) is 0 Å². The molecular formula is C19H17ClN2S2. The van der Waals surface area contributed by atoms with Crippen molar-refractivity contribution in [3.05, 3.63) is 71.3 Å². The standard InChI is InChI=1S/C19H17ClN2S2/c1-23-19(13-21)18(12-7-15-5-3-2-4-6-15)22(14-24-19)17-10-8-16(20)9-11-17/h2-12,18H,14H2,1H3/b12-7+/t18-,19-/m1/s1. The van der Waals surface area contributed by atoms with E-state index in [1.165, 1.54) is 0 Å². The van der Waals surface area contributed by atoms with Gasteiger partial charge in [-0.25, -0.2) is 0 Å². The van der Waals surface area contributed by atoms with Crippen molar-refractivity contribution in [2.45, 2.75) is 10.1 Å². The predicted octanol–water partition coefficient (Wildman–Crippen LogP) is 5.52. The van der Waals surface area contributed by atoms with Crippen molar-refractivity contribution in [2.24, 2.45) is 0 Å². The Hall–Kier alpha value is -1.54. The minimum absolute atomic E-state index is 0.0103. The fraction of sp³-hybridized carbons (Fsp3) is 0.211. The zero-order chi connectivity index (χ0) is 17.0. The largest absolute Gasteiger partial charge is 0.352 e. The van der Waals surface area contributed by atoms with Gasteiger partial charge in [-0.05, 0) is 36.1 Å². The highest BCUT2D eigenvalue weighted by atomic mass is 35.5. The molecule has 2 aromatic rings. The van der Waals surface area contributed by atoms with Gasteiger partial charge >= 0.3 is 0 Å². The first kappa shape index (κ1) is 17.3. The molecule has 5 heteroatoms. The zero-order valence-electron chi connectivity index (χ0n) is 13.2. The summed E-state index contributed by atoms with van der Waals surface area (Å²) in [5, 5.41) is 10.5. The van der Waals surface area contributed by atoms with E-state index < -0.39 is 4.08 Å². The second-order valence-corrected chi connectivity index (χ2v) is 8.36. The number of hydrogen-bond donors (Lipinski definition) is 0. The van der Waals surface area contributed by atoms with Gasteiger partial charge in [0.15, 0.2) is 4.08 Å². The normalized spacial score (nSPS) is 23.5. The van der Waals surface area contributed by atoms with Gasteiger partial charge in [-0.3, -0.25) is 0 Å². The molecule has 1 saturated heterocycles. The third-order valence-corrected chi connectivity index (χ3v) is 7.24. The van der Waals surface area contributed by atoms with Crippen LogP contribution in [0.25, 0.3) is 6.08 Å². The molecule has 2 aromatic carbocycles. The van der Waals surface area contributed by atoms with Gasteiger partial charge < -0.3 is 4.90 Å². The quantitative estimate of drug-likeness (QED) is 0.706. The lowest BCUT2D eigenvalue weighted by Crippen LogP contribution is -2.39. The smallest absolute Gasteiger partial charge is 0.173 e. The Morgan fingerprint density at radius 2 is 1.96 bits per heavy atom. The number of anilines is 1. The van der Waals surface area contributed by atoms with Gasteiger partial charge in [-0.15, -0.1) is 23.5 Å². The van der Waals surface area contributed by atoms with E-state index in [0.717, 1.165) is 22.2 Å². The minimum atomic E-state index is -0.509. The summed E-state index contributed by atoms with van der Waals surface area (Å²) >= 11 is 9.30. The van der Waals surface area contributed by atoms with Gasteiger partial charge in [0, 0.05) is 10.7 Å². The first-order valence-corrected chi connectivity index (χ1v) is 10.1. The van der Waals surface area contributed by atoms with Crippen LogP contribution in [0, 0.1) is 11.3 Å². The number of thioether (sulfide) groups is 2. The fourth-order valence-corrected chi connectivity index (χ4v) is 5.10. The van der Waals surface area contributed by atoms with Crippen molar-refractivity contribution >= 4 is 46.9 Å². The van der Waals surface area contributed by atoms with E-state index in [0.29, 0.717) is 0 Å². The minimum Gasteiger partial charge on any atom is -0.352 e. The number of nitrogens with zero attached hydrogens (tertiary/aromatic N) is 2. The molecule has 2 nitrogen and oxygen atoms in total. The highest BCUT2D eigenvalue weighted by Crippen LogP contribution is 2.48. The van der Waals surface area contributed by atoms with Crippen molar-refractivity contribution < 1.29 is 0 Å². The topological polar surface area (TPSA) is 27.0 Å². The van der Waals surface area contributed by atoms with Gasteiger partial charge in [-0.1, -0.05) is 54.1 Å². The van der Waals surface area contributed by atoms with E-state index in [2.05, 4.69) is 35.3 Å². The molecule has 0 N–H and O–H groups in total. The first-order valence-electron chi connectivity index (χ1n) is 7.54. The van der Waals surface area contributed by atoms with Crippen LogP contribution < -0.4 is 4.90 Å². The van der Waals surface area contributed by atoms with E-state index in [1.807, 2.05) is 48.7 Å². The van der Waals surface area contributed by atoms with Crippen LogP contribution in [-0.2, 0) is 0 Å². The van der Waals surface area contributed by atoms with Crippen molar-refractivity contribution in [1.29, 1.82) is 5.26 Å². The Kier molecular flexibility index (Phi) is 5.45. The molecule has 3 rings (SSSR count). The number of rotatable bonds is 4. The second kappa shape index (κ2) is 7.57. The number of nitriles is 1. The highest BCUT2D eigenvalue weighted by molar-refractivity contribution is 8.18. The summed E-state index contributed by atoms with van der Waals surface area (Å²) in [6.45, 7) is 0. The summed E-state index contributed by atoms with van der Waals surface area (Å²) in [7, 11) is 0. The maximum absolute atomic E-state index is 9.82. The average molecular weight is 373 g/mol. The van der Waals surface area contributed by atoms with Crippen LogP contribution in [0.5, 0.6) is 0 Å². The average Bonchev–Trinajstić information content (AvgIpc) is 3.00. The SMILES string of the molecule is CS[C@]1(C#N)SCN(c2ccc(Cl)cc2)[C@@H]1/C=C/c1ccccc1. The van der Waals surface area contributed by atoms with Crippen LogP contribution in [0.3, 0.4) is 0 Å². The first-order chi connectivity index (χ1) is 11.7. The fourth-order valence-electron chi connectivity index (χ4n) is 2.72. The molecule has 122 valence electrons. The number of benzene rings is 2. The molecule has 1 aliphatic heterocycles. The summed E-state index contributed by atoms with van der Waals surface area (Å²) in [6.07, 6.45) is 6.25. The molecule has 0 radical (unpaired) electrons.